The Morgan fingerprint density at radius 1 is 1.03 bits per heavy atom. The molecule has 0 bridgehead atoms. The van der Waals surface area contributed by atoms with Gasteiger partial charge in [0.15, 0.2) is 11.3 Å². The molecule has 7 rings (SSSR count). The van der Waals surface area contributed by atoms with E-state index in [1.54, 1.807) is 12.4 Å². The average Bonchev–Trinajstić information content (AvgIpc) is 3.49. The molecule has 0 amide bonds. The Bertz CT molecular complexity index is 1480. The molecule has 9 nitrogen and oxygen atoms in total. The van der Waals surface area contributed by atoms with Crippen LogP contribution in [-0.2, 0) is 11.2 Å². The van der Waals surface area contributed by atoms with Crippen molar-refractivity contribution in [3.63, 3.8) is 0 Å². The summed E-state index contributed by atoms with van der Waals surface area (Å²) >= 11 is 8.24. The van der Waals surface area contributed by atoms with Gasteiger partial charge in [-0.2, -0.15) is 4.98 Å². The second-order valence-corrected chi connectivity index (χ2v) is 11.7. The molecule has 0 saturated carbocycles. The number of halogens is 1. The van der Waals surface area contributed by atoms with Crippen LogP contribution < -0.4 is 15.5 Å². The third-order valence-electron chi connectivity index (χ3n) is 8.18. The van der Waals surface area contributed by atoms with E-state index in [0.29, 0.717) is 29.5 Å². The van der Waals surface area contributed by atoms with Gasteiger partial charge in [0.1, 0.15) is 10.8 Å². The van der Waals surface area contributed by atoms with Crippen molar-refractivity contribution in [2.24, 2.45) is 11.1 Å². The number of hydrogen-bond donors (Lipinski definition) is 2. The smallest absolute Gasteiger partial charge is 0.206 e. The molecule has 2 fully saturated rings. The normalized spacial score (nSPS) is 20.8. The number of nitrogens with two attached hydrogens (primary N) is 1. The lowest BCUT2D eigenvalue weighted by atomic mass is 9.73. The highest BCUT2D eigenvalue weighted by Crippen LogP contribution is 2.50. The molecule has 3 N–H and O–H groups in total. The number of nitrogens with zero attached hydrogens (tertiary/aromatic N) is 6. The van der Waals surface area contributed by atoms with Gasteiger partial charge in [-0.05, 0) is 41.9 Å². The SMILES string of the molecule is N[C@@H]1c2ccccc2CC12CCN(c1nc3ncc(Sc4ccnc(N5CCOCC5)c4Cl)nc3[nH]1)CC2. The number of aromatic nitrogens is 5. The first-order valence-electron chi connectivity index (χ1n) is 13.1. The van der Waals surface area contributed by atoms with Crippen LogP contribution in [0.1, 0.15) is 30.0 Å². The van der Waals surface area contributed by atoms with E-state index in [1.807, 2.05) is 6.07 Å². The number of hydrogen-bond acceptors (Lipinski definition) is 9. The molecule has 0 radical (unpaired) electrons. The van der Waals surface area contributed by atoms with Crippen LogP contribution in [0.25, 0.3) is 11.3 Å². The molecular weight excluding hydrogens is 520 g/mol. The summed E-state index contributed by atoms with van der Waals surface area (Å²) in [7, 11) is 0. The third-order valence-corrected chi connectivity index (χ3v) is 9.64. The average molecular weight is 549 g/mol. The maximum absolute atomic E-state index is 6.76. The highest BCUT2D eigenvalue weighted by atomic mass is 35.5. The topological polar surface area (TPSA) is 109 Å². The molecule has 0 unspecified atom stereocenters. The molecule has 1 aromatic carbocycles. The largest absolute Gasteiger partial charge is 0.378 e. The van der Waals surface area contributed by atoms with Gasteiger partial charge in [-0.1, -0.05) is 47.6 Å². The van der Waals surface area contributed by atoms with E-state index in [2.05, 4.69) is 49.0 Å². The van der Waals surface area contributed by atoms with Crippen molar-refractivity contribution in [1.29, 1.82) is 0 Å². The van der Waals surface area contributed by atoms with Crippen molar-refractivity contribution in [3.8, 4) is 0 Å². The standard InChI is InChI=1S/C27H29ClN8OS/c28-21-19(5-8-30-25(21)35-11-13-37-14-12-35)38-20-16-31-23-24(32-20)34-26(33-23)36-9-6-27(7-10-36)15-17-3-1-2-4-18(17)22(27)29/h1-5,8,16,22H,6-7,9-15,29H2,(H,31,32,33,34)/t22-/m1/s1. The van der Waals surface area contributed by atoms with Gasteiger partial charge in [0.2, 0.25) is 5.95 Å². The predicted octanol–water partition coefficient (Wildman–Crippen LogP) is 4.23. The summed E-state index contributed by atoms with van der Waals surface area (Å²) in [5.41, 5.74) is 10.9. The summed E-state index contributed by atoms with van der Waals surface area (Å²) in [5, 5.41) is 1.38. The minimum Gasteiger partial charge on any atom is -0.378 e. The predicted molar refractivity (Wildman–Crippen MR) is 149 cm³/mol. The fourth-order valence-corrected chi connectivity index (χ4v) is 7.16. The number of H-pyrrole nitrogens is 1. The fourth-order valence-electron chi connectivity index (χ4n) is 6.04. The number of anilines is 2. The van der Waals surface area contributed by atoms with Crippen LogP contribution in [0.15, 0.2) is 52.6 Å². The van der Waals surface area contributed by atoms with Crippen LogP contribution in [0.3, 0.4) is 0 Å². The van der Waals surface area contributed by atoms with Gasteiger partial charge < -0.3 is 25.3 Å². The maximum Gasteiger partial charge on any atom is 0.206 e. The molecule has 5 heterocycles. The molecule has 2 saturated heterocycles. The van der Waals surface area contributed by atoms with E-state index in [1.165, 1.54) is 22.9 Å². The van der Waals surface area contributed by atoms with Crippen molar-refractivity contribution in [2.45, 2.75) is 35.2 Å². The molecular formula is C27H29ClN8OS. The first-order chi connectivity index (χ1) is 18.6. The third kappa shape index (κ3) is 4.20. The molecule has 3 aromatic heterocycles. The Balaban J connectivity index is 1.07. The Morgan fingerprint density at radius 3 is 2.66 bits per heavy atom. The van der Waals surface area contributed by atoms with Crippen LogP contribution in [0.5, 0.6) is 0 Å². The highest BCUT2D eigenvalue weighted by Gasteiger charge is 2.46. The van der Waals surface area contributed by atoms with E-state index >= 15 is 0 Å². The van der Waals surface area contributed by atoms with Crippen molar-refractivity contribution in [1.82, 2.24) is 24.9 Å². The van der Waals surface area contributed by atoms with Gasteiger partial charge in [-0.3, -0.25) is 0 Å². The molecule has 1 spiro atoms. The number of ether oxygens (including phenoxy) is 1. The zero-order valence-electron chi connectivity index (χ0n) is 20.9. The summed E-state index contributed by atoms with van der Waals surface area (Å²) in [6.07, 6.45) is 6.68. The number of imidazole rings is 1. The summed E-state index contributed by atoms with van der Waals surface area (Å²) in [6, 6.07) is 10.6. The summed E-state index contributed by atoms with van der Waals surface area (Å²) < 4.78 is 5.46. The van der Waals surface area contributed by atoms with Crippen molar-refractivity contribution in [2.75, 3.05) is 49.2 Å². The number of morpholine rings is 1. The minimum atomic E-state index is 0.100. The number of nitrogens with one attached hydrogen (secondary N) is 1. The Hall–Kier alpha value is -2.92. The van der Waals surface area contributed by atoms with Crippen molar-refractivity contribution in [3.05, 3.63) is 58.9 Å². The molecule has 1 atom stereocenters. The molecule has 2 aliphatic heterocycles. The van der Waals surface area contributed by atoms with Crippen LogP contribution in [-0.4, -0.2) is 64.3 Å². The van der Waals surface area contributed by atoms with Gasteiger partial charge in [-0.15, -0.1) is 0 Å². The molecule has 38 heavy (non-hydrogen) atoms. The fraction of sp³-hybridized carbons (Fsp3) is 0.407. The first kappa shape index (κ1) is 24.1. The van der Waals surface area contributed by atoms with Crippen LogP contribution in [0.4, 0.5) is 11.8 Å². The lowest BCUT2D eigenvalue weighted by molar-refractivity contribution is 0.122. The maximum atomic E-state index is 6.76. The van der Waals surface area contributed by atoms with E-state index in [4.69, 9.17) is 32.0 Å². The summed E-state index contributed by atoms with van der Waals surface area (Å²) in [4.78, 5) is 27.4. The summed E-state index contributed by atoms with van der Waals surface area (Å²) in [6.45, 7) is 4.72. The second kappa shape index (κ2) is 9.68. The van der Waals surface area contributed by atoms with Gasteiger partial charge >= 0.3 is 0 Å². The van der Waals surface area contributed by atoms with Gasteiger partial charge in [-0.25, -0.2) is 15.0 Å². The Kier molecular flexibility index (Phi) is 6.15. The lowest BCUT2D eigenvalue weighted by Gasteiger charge is -2.42. The number of pyridine rings is 1. The second-order valence-electron chi connectivity index (χ2n) is 10.3. The molecule has 4 aromatic rings. The number of benzene rings is 1. The van der Waals surface area contributed by atoms with E-state index in [-0.39, 0.29) is 11.5 Å². The Morgan fingerprint density at radius 2 is 1.84 bits per heavy atom. The zero-order chi connectivity index (χ0) is 25.7. The number of rotatable bonds is 4. The van der Waals surface area contributed by atoms with E-state index in [9.17, 15) is 0 Å². The van der Waals surface area contributed by atoms with Gasteiger partial charge in [0.25, 0.3) is 0 Å². The van der Waals surface area contributed by atoms with Crippen molar-refractivity contribution >= 4 is 46.4 Å². The van der Waals surface area contributed by atoms with Gasteiger partial charge in [0, 0.05) is 43.3 Å². The minimum absolute atomic E-state index is 0.100. The molecule has 1 aliphatic carbocycles. The van der Waals surface area contributed by atoms with Gasteiger partial charge in [0.05, 0.1) is 24.4 Å². The Labute approximate surface area is 230 Å². The summed E-state index contributed by atoms with van der Waals surface area (Å²) in [5.74, 6) is 1.60. The van der Waals surface area contributed by atoms with E-state index < -0.39 is 0 Å². The lowest BCUT2D eigenvalue weighted by Crippen LogP contribution is -2.44. The first-order valence-corrected chi connectivity index (χ1v) is 14.3. The highest BCUT2D eigenvalue weighted by molar-refractivity contribution is 7.99. The molecule has 11 heteroatoms. The number of aromatic amines is 1. The van der Waals surface area contributed by atoms with Crippen LogP contribution in [0, 0.1) is 5.41 Å². The van der Waals surface area contributed by atoms with Crippen LogP contribution >= 0.6 is 23.4 Å². The van der Waals surface area contributed by atoms with E-state index in [0.717, 1.165) is 67.1 Å². The number of piperidine rings is 1. The molecule has 196 valence electrons. The monoisotopic (exact) mass is 548 g/mol. The van der Waals surface area contributed by atoms with Crippen molar-refractivity contribution < 1.29 is 4.74 Å². The number of fused-ring (bicyclic) bond motifs is 2. The molecule has 3 aliphatic rings. The van der Waals surface area contributed by atoms with Crippen LogP contribution in [0.2, 0.25) is 5.02 Å². The zero-order valence-corrected chi connectivity index (χ0v) is 22.5. The quantitative estimate of drug-likeness (QED) is 0.387.